The van der Waals surface area contributed by atoms with Gasteiger partial charge in [0.15, 0.2) is 11.5 Å². The van der Waals surface area contributed by atoms with Crippen molar-refractivity contribution < 1.29 is 14.3 Å². The molecule has 192 valence electrons. The number of hydrogen-bond donors (Lipinski definition) is 3. The molecule has 4 rings (SSSR count). The Hall–Kier alpha value is -4.37. The number of urea groups is 1. The van der Waals surface area contributed by atoms with Crippen LogP contribution >= 0.6 is 0 Å². The number of carbonyl (C=O) groups is 1. The van der Waals surface area contributed by atoms with Crippen LogP contribution in [0, 0.1) is 0 Å². The maximum absolute atomic E-state index is 12.2. The summed E-state index contributed by atoms with van der Waals surface area (Å²) >= 11 is 0. The minimum absolute atomic E-state index is 0.280. The van der Waals surface area contributed by atoms with Gasteiger partial charge < -0.3 is 30.3 Å². The van der Waals surface area contributed by atoms with E-state index in [9.17, 15) is 4.79 Å². The smallest absolute Gasteiger partial charge is 0.323 e. The lowest BCUT2D eigenvalue weighted by atomic mass is 10.1. The molecule has 2 amide bonds. The minimum atomic E-state index is -0.280. The Bertz CT molecular complexity index is 1310. The van der Waals surface area contributed by atoms with Crippen LogP contribution in [-0.4, -0.2) is 61.8 Å². The van der Waals surface area contributed by atoms with Crippen LogP contribution in [0.25, 0.3) is 10.9 Å². The highest BCUT2D eigenvalue weighted by Crippen LogP contribution is 2.34. The number of fused-ring (bicyclic) bond motifs is 1. The van der Waals surface area contributed by atoms with E-state index in [2.05, 4.69) is 30.8 Å². The molecule has 9 heteroatoms. The first-order valence-electron chi connectivity index (χ1n) is 12.1. The van der Waals surface area contributed by atoms with Crippen LogP contribution in [0.2, 0.25) is 0 Å². The molecule has 0 spiro atoms. The number of ether oxygens (including phenoxy) is 2. The predicted octanol–water partition coefficient (Wildman–Crippen LogP) is 4.88. The highest BCUT2D eigenvalue weighted by atomic mass is 16.5. The summed E-state index contributed by atoms with van der Waals surface area (Å²) in [6, 6.07) is 20.6. The van der Waals surface area contributed by atoms with Crippen molar-refractivity contribution in [3.8, 4) is 11.5 Å². The number of aromatic nitrogens is 2. The molecule has 37 heavy (non-hydrogen) atoms. The number of carbonyl (C=O) groups excluding carboxylic acids is 1. The molecule has 0 aliphatic heterocycles. The van der Waals surface area contributed by atoms with Crippen LogP contribution < -0.4 is 25.4 Å². The van der Waals surface area contributed by atoms with Gasteiger partial charge in [-0.1, -0.05) is 30.3 Å². The molecule has 1 aromatic heterocycles. The quantitative estimate of drug-likeness (QED) is 0.270. The second-order valence-electron chi connectivity index (χ2n) is 8.71. The monoisotopic (exact) mass is 500 g/mol. The fraction of sp³-hybridized carbons (Fsp3) is 0.250. The van der Waals surface area contributed by atoms with Crippen LogP contribution in [-0.2, 0) is 6.42 Å². The van der Waals surface area contributed by atoms with Crippen molar-refractivity contribution in [2.75, 3.05) is 56.9 Å². The first-order valence-corrected chi connectivity index (χ1v) is 12.1. The molecule has 9 nitrogen and oxygen atoms in total. The lowest BCUT2D eigenvalue weighted by Gasteiger charge is -2.15. The number of likely N-dealkylation sites (N-methyl/N-ethyl adjacent to an activating group) is 1. The normalized spacial score (nSPS) is 10.8. The number of nitrogens with zero attached hydrogens (tertiary/aromatic N) is 3. The summed E-state index contributed by atoms with van der Waals surface area (Å²) in [5.41, 5.74) is 3.38. The van der Waals surface area contributed by atoms with E-state index in [-0.39, 0.29) is 6.03 Å². The first kappa shape index (κ1) is 25.7. The Kier molecular flexibility index (Phi) is 8.72. The third kappa shape index (κ3) is 7.31. The number of anilines is 3. The number of para-hydroxylation sites is 1. The van der Waals surface area contributed by atoms with E-state index in [1.807, 2.05) is 80.8 Å². The molecule has 1 heterocycles. The van der Waals surface area contributed by atoms with Crippen molar-refractivity contribution in [2.45, 2.75) is 6.42 Å². The topological polar surface area (TPSA) is 101 Å². The number of benzene rings is 3. The molecule has 0 saturated carbocycles. The molecule has 0 unspecified atom stereocenters. The highest BCUT2D eigenvalue weighted by Gasteiger charge is 2.12. The number of rotatable bonds is 11. The fourth-order valence-corrected chi connectivity index (χ4v) is 3.71. The third-order valence-corrected chi connectivity index (χ3v) is 5.67. The third-order valence-electron chi connectivity index (χ3n) is 5.67. The van der Waals surface area contributed by atoms with Crippen LogP contribution in [0.5, 0.6) is 11.5 Å². The summed E-state index contributed by atoms with van der Waals surface area (Å²) in [5, 5.41) is 9.92. The molecule has 0 saturated heterocycles. The summed E-state index contributed by atoms with van der Waals surface area (Å²) in [5.74, 6) is 2.04. The zero-order valence-corrected chi connectivity index (χ0v) is 21.3. The number of amides is 2. The molecular weight excluding hydrogens is 468 g/mol. The minimum Gasteiger partial charge on any atom is -0.493 e. The molecule has 3 N–H and O–H groups in total. The van der Waals surface area contributed by atoms with Gasteiger partial charge in [-0.3, -0.25) is 0 Å². The Labute approximate surface area is 216 Å². The summed E-state index contributed by atoms with van der Waals surface area (Å²) in [7, 11) is 5.63. The van der Waals surface area contributed by atoms with Gasteiger partial charge in [0.1, 0.15) is 18.8 Å². The van der Waals surface area contributed by atoms with Crippen LogP contribution in [0.15, 0.2) is 73.1 Å². The number of methoxy groups -OCH3 is 1. The van der Waals surface area contributed by atoms with Crippen LogP contribution in [0.4, 0.5) is 22.0 Å². The van der Waals surface area contributed by atoms with E-state index >= 15 is 0 Å². The van der Waals surface area contributed by atoms with E-state index in [0.29, 0.717) is 24.7 Å². The van der Waals surface area contributed by atoms with Gasteiger partial charge in [0.25, 0.3) is 0 Å². The van der Waals surface area contributed by atoms with Crippen molar-refractivity contribution in [3.05, 3.63) is 78.6 Å². The van der Waals surface area contributed by atoms with Gasteiger partial charge in [-0.05, 0) is 56.4 Å². The maximum Gasteiger partial charge on any atom is 0.323 e. The number of hydrogen-bond acceptors (Lipinski definition) is 7. The lowest BCUT2D eigenvalue weighted by Crippen LogP contribution is -2.19. The molecule has 4 aromatic rings. The molecular formula is C28H32N6O3. The van der Waals surface area contributed by atoms with Crippen molar-refractivity contribution in [1.82, 2.24) is 14.9 Å². The summed E-state index contributed by atoms with van der Waals surface area (Å²) < 4.78 is 11.5. The Morgan fingerprint density at radius 1 is 0.919 bits per heavy atom. The first-order chi connectivity index (χ1) is 18.0. The van der Waals surface area contributed by atoms with Gasteiger partial charge in [0.2, 0.25) is 0 Å². The van der Waals surface area contributed by atoms with E-state index in [1.165, 1.54) is 0 Å². The average molecular weight is 501 g/mol. The second kappa shape index (κ2) is 12.5. The lowest BCUT2D eigenvalue weighted by molar-refractivity contribution is 0.251. The van der Waals surface area contributed by atoms with Gasteiger partial charge in [0, 0.05) is 35.9 Å². The van der Waals surface area contributed by atoms with Gasteiger partial charge in [0.05, 0.1) is 12.6 Å². The Morgan fingerprint density at radius 2 is 1.65 bits per heavy atom. The SMILES string of the molecule is COc1cc2c(NCCc3ccc(NC(=O)Nc4ccccc4)cc3)ncnc2cc1OCCN(C)C. The van der Waals surface area contributed by atoms with Crippen LogP contribution in [0.3, 0.4) is 0 Å². The highest BCUT2D eigenvalue weighted by molar-refractivity contribution is 5.99. The number of nitrogens with one attached hydrogen (secondary N) is 3. The van der Waals surface area contributed by atoms with E-state index in [0.717, 1.165) is 46.6 Å². The Morgan fingerprint density at radius 3 is 2.35 bits per heavy atom. The zero-order valence-electron chi connectivity index (χ0n) is 21.3. The van der Waals surface area contributed by atoms with E-state index in [4.69, 9.17) is 9.47 Å². The Balaban J connectivity index is 1.34. The van der Waals surface area contributed by atoms with Gasteiger partial charge >= 0.3 is 6.03 Å². The van der Waals surface area contributed by atoms with Gasteiger partial charge in [-0.2, -0.15) is 0 Å². The van der Waals surface area contributed by atoms with Gasteiger partial charge in [-0.15, -0.1) is 0 Å². The predicted molar refractivity (Wildman–Crippen MR) is 148 cm³/mol. The van der Waals surface area contributed by atoms with Crippen molar-refractivity contribution in [2.24, 2.45) is 0 Å². The van der Waals surface area contributed by atoms with Crippen molar-refractivity contribution in [3.63, 3.8) is 0 Å². The van der Waals surface area contributed by atoms with Gasteiger partial charge in [-0.25, -0.2) is 14.8 Å². The molecule has 0 aliphatic rings. The summed E-state index contributed by atoms with van der Waals surface area (Å²) in [6.07, 6.45) is 2.33. The second-order valence-corrected chi connectivity index (χ2v) is 8.71. The molecule has 0 aliphatic carbocycles. The molecule has 0 radical (unpaired) electrons. The summed E-state index contributed by atoms with van der Waals surface area (Å²) in [4.78, 5) is 23.1. The van der Waals surface area contributed by atoms with Crippen molar-refractivity contribution in [1.29, 1.82) is 0 Å². The maximum atomic E-state index is 12.2. The molecule has 0 fully saturated rings. The fourth-order valence-electron chi connectivity index (χ4n) is 3.71. The largest absolute Gasteiger partial charge is 0.493 e. The standard InChI is InChI=1S/C28H32N6O3/c1-34(2)15-16-37-26-18-24-23(17-25(26)36-3)27(31-19-30-24)29-14-13-20-9-11-22(12-10-20)33-28(35)32-21-7-5-4-6-8-21/h4-12,17-19H,13-16H2,1-3H3,(H,29,30,31)(H2,32,33,35). The molecule has 0 bridgehead atoms. The van der Waals surface area contributed by atoms with Crippen LogP contribution in [0.1, 0.15) is 5.56 Å². The summed E-state index contributed by atoms with van der Waals surface area (Å²) in [6.45, 7) is 2.03. The van der Waals surface area contributed by atoms with E-state index < -0.39 is 0 Å². The van der Waals surface area contributed by atoms with E-state index in [1.54, 1.807) is 13.4 Å². The van der Waals surface area contributed by atoms with Crippen molar-refractivity contribution >= 4 is 34.1 Å². The average Bonchev–Trinajstić information content (AvgIpc) is 2.89. The zero-order chi connectivity index (χ0) is 26.0. The molecule has 0 atom stereocenters. The molecule has 3 aromatic carbocycles.